The second kappa shape index (κ2) is 9.53. The van der Waals surface area contributed by atoms with Gasteiger partial charge in [0.2, 0.25) is 0 Å². The topological polar surface area (TPSA) is 9.23 Å². The Hall–Kier alpha value is -1.19. The lowest BCUT2D eigenvalue weighted by atomic mass is 9.60. The first kappa shape index (κ1) is 22.0. The third kappa shape index (κ3) is 5.53. The number of fused-ring (bicyclic) bond motifs is 1. The van der Waals surface area contributed by atoms with E-state index in [9.17, 15) is 13.2 Å². The first-order valence-electron chi connectivity index (χ1n) is 12.3. The van der Waals surface area contributed by atoms with Gasteiger partial charge in [-0.25, -0.2) is 0 Å². The number of ether oxygens (including phenoxy) is 1. The van der Waals surface area contributed by atoms with E-state index >= 15 is 0 Å². The zero-order valence-corrected chi connectivity index (χ0v) is 18.3. The minimum absolute atomic E-state index is 0.117. The third-order valence-corrected chi connectivity index (χ3v) is 8.49. The molecule has 0 aromatic heterocycles. The van der Waals surface area contributed by atoms with Crippen LogP contribution in [0.25, 0.3) is 0 Å². The molecular formula is C26H37F3O. The van der Waals surface area contributed by atoms with Crippen LogP contribution in [-0.2, 0) is 0 Å². The summed E-state index contributed by atoms with van der Waals surface area (Å²) in [6.45, 7) is 2.31. The standard InChI is InChI=1S/C26H37F3O/c1-2-3-18-4-6-19(7-5-18)21-8-10-24-17-22(9-11-23(24)16-21)20-12-14-25(15-13-20)30-26(27,28)29/h12-15,18-19,21-24H,2-11,16-17H2,1H3/t18-,19-,21-,22-,23-,24-/m1/s1. The van der Waals surface area contributed by atoms with E-state index in [1.165, 1.54) is 94.7 Å². The maximum atomic E-state index is 12.4. The summed E-state index contributed by atoms with van der Waals surface area (Å²) >= 11 is 0. The molecule has 4 heteroatoms. The molecule has 1 nitrogen and oxygen atoms in total. The molecule has 3 aliphatic rings. The van der Waals surface area contributed by atoms with E-state index < -0.39 is 6.36 Å². The van der Waals surface area contributed by atoms with E-state index in [0.29, 0.717) is 5.92 Å². The van der Waals surface area contributed by atoms with Crippen LogP contribution in [0.1, 0.15) is 95.5 Å². The Kier molecular flexibility index (Phi) is 6.99. The van der Waals surface area contributed by atoms with Crippen molar-refractivity contribution in [1.82, 2.24) is 0 Å². The van der Waals surface area contributed by atoms with E-state index in [0.717, 1.165) is 29.6 Å². The van der Waals surface area contributed by atoms with Gasteiger partial charge in [0.05, 0.1) is 0 Å². The summed E-state index contributed by atoms with van der Waals surface area (Å²) < 4.78 is 41.2. The van der Waals surface area contributed by atoms with Gasteiger partial charge in [0.25, 0.3) is 0 Å². The van der Waals surface area contributed by atoms with Crippen molar-refractivity contribution >= 4 is 0 Å². The van der Waals surface area contributed by atoms with Crippen molar-refractivity contribution < 1.29 is 17.9 Å². The number of benzene rings is 1. The predicted octanol–water partition coefficient (Wildman–Crippen LogP) is 8.49. The van der Waals surface area contributed by atoms with E-state index in [2.05, 4.69) is 11.7 Å². The van der Waals surface area contributed by atoms with Gasteiger partial charge in [0, 0.05) is 0 Å². The van der Waals surface area contributed by atoms with Crippen LogP contribution in [0.4, 0.5) is 13.2 Å². The van der Waals surface area contributed by atoms with E-state index in [-0.39, 0.29) is 5.75 Å². The van der Waals surface area contributed by atoms with Crippen LogP contribution in [0, 0.1) is 29.6 Å². The lowest BCUT2D eigenvalue weighted by molar-refractivity contribution is -0.274. The Morgan fingerprint density at radius 2 is 1.33 bits per heavy atom. The Labute approximate surface area is 179 Å². The minimum atomic E-state index is -4.62. The van der Waals surface area contributed by atoms with Crippen LogP contribution in [0.2, 0.25) is 0 Å². The Balaban J connectivity index is 1.27. The lowest BCUT2D eigenvalue weighted by Crippen LogP contribution is -2.34. The Morgan fingerprint density at radius 1 is 0.767 bits per heavy atom. The van der Waals surface area contributed by atoms with Crippen LogP contribution in [0.15, 0.2) is 24.3 Å². The summed E-state index contributed by atoms with van der Waals surface area (Å²) in [5, 5.41) is 0. The summed E-state index contributed by atoms with van der Waals surface area (Å²) in [5.74, 6) is 4.97. The predicted molar refractivity (Wildman–Crippen MR) is 114 cm³/mol. The summed E-state index contributed by atoms with van der Waals surface area (Å²) in [5.41, 5.74) is 1.18. The van der Waals surface area contributed by atoms with Crippen molar-refractivity contribution in [2.24, 2.45) is 29.6 Å². The first-order chi connectivity index (χ1) is 14.4. The fraction of sp³-hybridized carbons (Fsp3) is 0.769. The molecule has 1 aromatic carbocycles. The molecule has 0 saturated heterocycles. The zero-order chi connectivity index (χ0) is 21.1. The van der Waals surface area contributed by atoms with E-state index in [4.69, 9.17) is 0 Å². The highest BCUT2D eigenvalue weighted by Crippen LogP contribution is 2.51. The van der Waals surface area contributed by atoms with Crippen LogP contribution < -0.4 is 4.74 Å². The molecule has 30 heavy (non-hydrogen) atoms. The molecule has 0 spiro atoms. The van der Waals surface area contributed by atoms with Crippen LogP contribution in [0.3, 0.4) is 0 Å². The summed E-state index contributed by atoms with van der Waals surface area (Å²) in [6, 6.07) is 6.63. The summed E-state index contributed by atoms with van der Waals surface area (Å²) in [4.78, 5) is 0. The number of halogens is 3. The number of rotatable bonds is 5. The molecular weight excluding hydrogens is 385 g/mol. The minimum Gasteiger partial charge on any atom is -0.406 e. The Morgan fingerprint density at radius 3 is 1.97 bits per heavy atom. The molecule has 4 atom stereocenters. The van der Waals surface area contributed by atoms with E-state index in [1.807, 2.05) is 12.1 Å². The SMILES string of the molecule is CCC[C@H]1CC[C@H]([C@@H]2CC[C@@H]3C[C@H](c4ccc(OC(F)(F)F)cc4)CC[C@@H]3C2)CC1. The summed E-state index contributed by atoms with van der Waals surface area (Å²) in [6.07, 6.45) is 11.8. The first-order valence-corrected chi connectivity index (χ1v) is 12.3. The summed E-state index contributed by atoms with van der Waals surface area (Å²) in [7, 11) is 0. The van der Waals surface area contributed by atoms with Gasteiger partial charge >= 0.3 is 6.36 Å². The Bertz CT molecular complexity index is 660. The van der Waals surface area contributed by atoms with Gasteiger partial charge in [-0.1, -0.05) is 44.7 Å². The molecule has 0 amide bonds. The molecule has 0 heterocycles. The fourth-order valence-corrected chi connectivity index (χ4v) is 6.95. The average Bonchev–Trinajstić information content (AvgIpc) is 2.73. The maximum absolute atomic E-state index is 12.4. The lowest BCUT2D eigenvalue weighted by Gasteiger charge is -2.45. The van der Waals surface area contributed by atoms with Gasteiger partial charge in [0.15, 0.2) is 0 Å². The van der Waals surface area contributed by atoms with Crippen molar-refractivity contribution in [3.63, 3.8) is 0 Å². The molecule has 1 aromatic rings. The highest BCUT2D eigenvalue weighted by Gasteiger charge is 2.39. The molecule has 0 aliphatic heterocycles. The largest absolute Gasteiger partial charge is 0.573 e. The zero-order valence-electron chi connectivity index (χ0n) is 18.3. The monoisotopic (exact) mass is 422 g/mol. The third-order valence-electron chi connectivity index (χ3n) is 8.49. The van der Waals surface area contributed by atoms with Crippen molar-refractivity contribution in [1.29, 1.82) is 0 Å². The van der Waals surface area contributed by atoms with Crippen molar-refractivity contribution in [2.75, 3.05) is 0 Å². The molecule has 0 radical (unpaired) electrons. The van der Waals surface area contributed by atoms with Crippen molar-refractivity contribution in [3.8, 4) is 5.75 Å². The van der Waals surface area contributed by atoms with Gasteiger partial charge < -0.3 is 4.74 Å². The maximum Gasteiger partial charge on any atom is 0.573 e. The number of hydrogen-bond donors (Lipinski definition) is 0. The van der Waals surface area contributed by atoms with Crippen molar-refractivity contribution in [2.45, 2.75) is 96.3 Å². The van der Waals surface area contributed by atoms with Gasteiger partial charge in [-0.15, -0.1) is 13.2 Å². The van der Waals surface area contributed by atoms with E-state index in [1.54, 1.807) is 0 Å². The number of hydrogen-bond acceptors (Lipinski definition) is 1. The van der Waals surface area contributed by atoms with Gasteiger partial charge in [-0.2, -0.15) is 0 Å². The molecule has 0 unspecified atom stereocenters. The van der Waals surface area contributed by atoms with Gasteiger partial charge in [-0.05, 0) is 105 Å². The molecule has 0 bridgehead atoms. The van der Waals surface area contributed by atoms with Crippen LogP contribution >= 0.6 is 0 Å². The molecule has 3 aliphatic carbocycles. The molecule has 4 rings (SSSR count). The van der Waals surface area contributed by atoms with Gasteiger partial charge in [0.1, 0.15) is 5.75 Å². The normalized spacial score (nSPS) is 34.9. The highest BCUT2D eigenvalue weighted by atomic mass is 19.4. The second-order valence-electron chi connectivity index (χ2n) is 10.3. The molecule has 168 valence electrons. The molecule has 0 N–H and O–H groups in total. The van der Waals surface area contributed by atoms with Crippen LogP contribution in [0.5, 0.6) is 5.75 Å². The molecule has 3 saturated carbocycles. The second-order valence-corrected chi connectivity index (χ2v) is 10.3. The van der Waals surface area contributed by atoms with Gasteiger partial charge in [-0.3, -0.25) is 0 Å². The van der Waals surface area contributed by atoms with Crippen LogP contribution in [-0.4, -0.2) is 6.36 Å². The quantitative estimate of drug-likeness (QED) is 0.462. The van der Waals surface area contributed by atoms with Crippen molar-refractivity contribution in [3.05, 3.63) is 29.8 Å². The number of alkyl halides is 3. The average molecular weight is 423 g/mol. The fourth-order valence-electron chi connectivity index (χ4n) is 6.95. The highest BCUT2D eigenvalue weighted by molar-refractivity contribution is 5.30. The smallest absolute Gasteiger partial charge is 0.406 e. The molecule has 3 fully saturated rings.